The third-order valence-corrected chi connectivity index (χ3v) is 3.15. The van der Waals surface area contributed by atoms with E-state index >= 15 is 0 Å². The Bertz CT molecular complexity index is 336. The van der Waals surface area contributed by atoms with Gasteiger partial charge in [0.2, 0.25) is 0 Å². The summed E-state index contributed by atoms with van der Waals surface area (Å²) in [5.74, 6) is 1.09. The molecular weight excluding hydrogens is 208 g/mol. The molecule has 2 nitrogen and oxygen atoms in total. The predicted molar refractivity (Wildman–Crippen MR) is 63.9 cm³/mol. The highest BCUT2D eigenvalue weighted by Crippen LogP contribution is 2.31. The highest BCUT2D eigenvalue weighted by molar-refractivity contribution is 7.98. The van der Waals surface area contributed by atoms with Gasteiger partial charge < -0.3 is 9.53 Å². The monoisotopic (exact) mass is 224 g/mol. The Hall–Kier alpha value is -0.960. The van der Waals surface area contributed by atoms with Gasteiger partial charge in [0.25, 0.3) is 0 Å². The van der Waals surface area contributed by atoms with E-state index in [1.54, 1.807) is 18.9 Å². The number of carbonyl (C=O) groups excluding carboxylic acids is 1. The molecule has 1 aromatic rings. The Kier molecular flexibility index (Phi) is 4.69. The van der Waals surface area contributed by atoms with Crippen LogP contribution in [0.3, 0.4) is 0 Å². The summed E-state index contributed by atoms with van der Waals surface area (Å²) in [6.07, 6.45) is 3.52. The van der Waals surface area contributed by atoms with E-state index in [9.17, 15) is 4.79 Å². The predicted octanol–water partition coefficient (Wildman–Crippen LogP) is 3.11. The maximum Gasteiger partial charge on any atom is 0.123 e. The van der Waals surface area contributed by atoms with Gasteiger partial charge in [0.1, 0.15) is 12.0 Å². The van der Waals surface area contributed by atoms with Crippen molar-refractivity contribution in [3.05, 3.63) is 23.8 Å². The lowest BCUT2D eigenvalue weighted by Crippen LogP contribution is -1.98. The SMILES string of the molecule is COc1cc(SC)ccc1C(C)CC=O. The van der Waals surface area contributed by atoms with E-state index in [1.807, 2.05) is 25.3 Å². The van der Waals surface area contributed by atoms with Crippen molar-refractivity contribution < 1.29 is 9.53 Å². The van der Waals surface area contributed by atoms with Crippen molar-refractivity contribution >= 4 is 18.0 Å². The molecule has 0 saturated heterocycles. The zero-order chi connectivity index (χ0) is 11.3. The molecule has 0 amide bonds. The highest BCUT2D eigenvalue weighted by atomic mass is 32.2. The van der Waals surface area contributed by atoms with Gasteiger partial charge in [-0.05, 0) is 29.9 Å². The summed E-state index contributed by atoms with van der Waals surface area (Å²) in [5, 5.41) is 0. The maximum atomic E-state index is 10.5. The lowest BCUT2D eigenvalue weighted by atomic mass is 9.97. The number of hydrogen-bond acceptors (Lipinski definition) is 3. The largest absolute Gasteiger partial charge is 0.496 e. The summed E-state index contributed by atoms with van der Waals surface area (Å²) < 4.78 is 5.33. The molecule has 0 N–H and O–H groups in total. The molecule has 82 valence electrons. The highest BCUT2D eigenvalue weighted by Gasteiger charge is 2.11. The third kappa shape index (κ3) is 2.99. The Morgan fingerprint density at radius 1 is 1.53 bits per heavy atom. The summed E-state index contributed by atoms with van der Waals surface area (Å²) in [7, 11) is 1.66. The van der Waals surface area contributed by atoms with Gasteiger partial charge >= 0.3 is 0 Å². The summed E-state index contributed by atoms with van der Waals surface area (Å²) in [6, 6.07) is 6.12. The molecule has 1 aromatic carbocycles. The minimum Gasteiger partial charge on any atom is -0.496 e. The Balaban J connectivity index is 3.01. The number of ether oxygens (including phenoxy) is 1. The van der Waals surface area contributed by atoms with Crippen LogP contribution < -0.4 is 4.74 Å². The first-order valence-corrected chi connectivity index (χ1v) is 6.11. The van der Waals surface area contributed by atoms with E-state index in [-0.39, 0.29) is 5.92 Å². The van der Waals surface area contributed by atoms with Crippen LogP contribution in [0.15, 0.2) is 23.1 Å². The molecule has 0 spiro atoms. The van der Waals surface area contributed by atoms with Gasteiger partial charge in [-0.1, -0.05) is 13.0 Å². The van der Waals surface area contributed by atoms with Crippen LogP contribution in [-0.4, -0.2) is 19.7 Å². The average Bonchev–Trinajstić information content (AvgIpc) is 2.28. The molecule has 0 bridgehead atoms. The molecule has 1 rings (SSSR count). The van der Waals surface area contributed by atoms with Crippen LogP contribution in [0.5, 0.6) is 5.75 Å². The van der Waals surface area contributed by atoms with E-state index in [1.165, 1.54) is 4.90 Å². The van der Waals surface area contributed by atoms with Crippen LogP contribution in [0.4, 0.5) is 0 Å². The molecule has 0 fully saturated rings. The Morgan fingerprint density at radius 2 is 2.27 bits per heavy atom. The molecule has 1 atom stereocenters. The van der Waals surface area contributed by atoms with Gasteiger partial charge in [0, 0.05) is 11.3 Å². The van der Waals surface area contributed by atoms with Gasteiger partial charge in [0.15, 0.2) is 0 Å². The van der Waals surface area contributed by atoms with Gasteiger partial charge in [-0.25, -0.2) is 0 Å². The second kappa shape index (κ2) is 5.81. The van der Waals surface area contributed by atoms with Crippen molar-refractivity contribution in [2.45, 2.75) is 24.2 Å². The molecule has 0 saturated carbocycles. The zero-order valence-electron chi connectivity index (χ0n) is 9.32. The molecule has 0 aliphatic carbocycles. The molecule has 1 unspecified atom stereocenters. The zero-order valence-corrected chi connectivity index (χ0v) is 10.1. The normalized spacial score (nSPS) is 12.2. The second-order valence-corrected chi connectivity index (χ2v) is 4.29. The number of hydrogen-bond donors (Lipinski definition) is 0. The number of benzene rings is 1. The van der Waals surface area contributed by atoms with Crippen LogP contribution in [0.2, 0.25) is 0 Å². The Labute approximate surface area is 95.0 Å². The minimum atomic E-state index is 0.216. The van der Waals surface area contributed by atoms with Crippen LogP contribution in [0, 0.1) is 0 Å². The molecule has 3 heteroatoms. The second-order valence-electron chi connectivity index (χ2n) is 3.41. The van der Waals surface area contributed by atoms with Crippen LogP contribution >= 0.6 is 11.8 Å². The first kappa shape index (κ1) is 12.1. The molecule has 0 aliphatic rings. The smallest absolute Gasteiger partial charge is 0.123 e. The van der Waals surface area contributed by atoms with Crippen molar-refractivity contribution in [2.75, 3.05) is 13.4 Å². The first-order chi connectivity index (χ1) is 7.22. The average molecular weight is 224 g/mol. The molecule has 0 radical (unpaired) electrons. The lowest BCUT2D eigenvalue weighted by molar-refractivity contribution is -0.108. The van der Waals surface area contributed by atoms with Gasteiger partial charge in [-0.15, -0.1) is 11.8 Å². The van der Waals surface area contributed by atoms with Gasteiger partial charge in [-0.2, -0.15) is 0 Å². The third-order valence-electron chi connectivity index (χ3n) is 2.42. The van der Waals surface area contributed by atoms with Crippen molar-refractivity contribution in [3.63, 3.8) is 0 Å². The van der Waals surface area contributed by atoms with Crippen LogP contribution in [0.25, 0.3) is 0 Å². The fourth-order valence-electron chi connectivity index (χ4n) is 1.50. The number of methoxy groups -OCH3 is 1. The number of thioether (sulfide) groups is 1. The minimum absolute atomic E-state index is 0.216. The quantitative estimate of drug-likeness (QED) is 0.568. The summed E-state index contributed by atoms with van der Waals surface area (Å²) in [4.78, 5) is 11.6. The van der Waals surface area contributed by atoms with Crippen molar-refractivity contribution in [3.8, 4) is 5.75 Å². The topological polar surface area (TPSA) is 26.3 Å². The summed E-state index contributed by atoms with van der Waals surface area (Å²) >= 11 is 1.68. The summed E-state index contributed by atoms with van der Waals surface area (Å²) in [5.41, 5.74) is 1.10. The van der Waals surface area contributed by atoms with E-state index in [4.69, 9.17) is 4.74 Å². The molecule has 0 aromatic heterocycles. The molecule has 0 aliphatic heterocycles. The van der Waals surface area contributed by atoms with Crippen LogP contribution in [0.1, 0.15) is 24.8 Å². The fraction of sp³-hybridized carbons (Fsp3) is 0.417. The lowest BCUT2D eigenvalue weighted by Gasteiger charge is -2.14. The van der Waals surface area contributed by atoms with Crippen molar-refractivity contribution in [1.82, 2.24) is 0 Å². The molecule has 0 heterocycles. The van der Waals surface area contributed by atoms with E-state index in [2.05, 4.69) is 6.07 Å². The maximum absolute atomic E-state index is 10.5. The van der Waals surface area contributed by atoms with Gasteiger partial charge in [0.05, 0.1) is 7.11 Å². The van der Waals surface area contributed by atoms with Crippen LogP contribution in [-0.2, 0) is 4.79 Å². The standard InChI is InChI=1S/C12H16O2S/c1-9(6-7-13)11-5-4-10(15-3)8-12(11)14-2/h4-5,7-9H,6H2,1-3H3. The van der Waals surface area contributed by atoms with Gasteiger partial charge in [-0.3, -0.25) is 0 Å². The molecule has 15 heavy (non-hydrogen) atoms. The van der Waals surface area contributed by atoms with E-state index < -0.39 is 0 Å². The molecular formula is C12H16O2S. The fourth-order valence-corrected chi connectivity index (χ4v) is 1.93. The number of aldehydes is 1. The number of rotatable bonds is 5. The number of carbonyl (C=O) groups is 1. The van der Waals surface area contributed by atoms with E-state index in [0.717, 1.165) is 17.6 Å². The Morgan fingerprint density at radius 3 is 2.80 bits per heavy atom. The summed E-state index contributed by atoms with van der Waals surface area (Å²) in [6.45, 7) is 2.03. The van der Waals surface area contributed by atoms with Crippen molar-refractivity contribution in [2.24, 2.45) is 0 Å². The van der Waals surface area contributed by atoms with Crippen molar-refractivity contribution in [1.29, 1.82) is 0 Å². The van der Waals surface area contributed by atoms with E-state index in [0.29, 0.717) is 6.42 Å². The first-order valence-electron chi connectivity index (χ1n) is 4.88.